The van der Waals surface area contributed by atoms with E-state index in [2.05, 4.69) is 6.07 Å². The number of carbonyl (C=O) groups excluding carboxylic acids is 1. The first kappa shape index (κ1) is 8.75. The topological polar surface area (TPSA) is 43.1 Å². The molecule has 0 aliphatic rings. The van der Waals surface area contributed by atoms with Gasteiger partial charge in [0.2, 0.25) is 5.91 Å². The third kappa shape index (κ3) is 1.59. The lowest BCUT2D eigenvalue weighted by Crippen LogP contribution is -2.13. The normalized spacial score (nSPS) is 10.3. The summed E-state index contributed by atoms with van der Waals surface area (Å²) < 4.78 is 0. The van der Waals surface area contributed by atoms with E-state index in [0.717, 1.165) is 16.3 Å². The fraction of sp³-hybridized carbons (Fsp3) is 0.0833. The van der Waals surface area contributed by atoms with E-state index in [1.807, 2.05) is 36.4 Å². The number of primary amides is 1. The van der Waals surface area contributed by atoms with E-state index in [-0.39, 0.29) is 12.3 Å². The molecule has 1 radical (unpaired) electrons. The maximum absolute atomic E-state index is 10.8. The van der Waals surface area contributed by atoms with Gasteiger partial charge in [0.15, 0.2) is 0 Å². The zero-order valence-electron chi connectivity index (χ0n) is 7.66. The van der Waals surface area contributed by atoms with Gasteiger partial charge in [-0.1, -0.05) is 36.4 Å². The van der Waals surface area contributed by atoms with E-state index in [9.17, 15) is 4.79 Å². The summed E-state index contributed by atoms with van der Waals surface area (Å²) in [4.78, 5) is 10.8. The van der Waals surface area contributed by atoms with Crippen molar-refractivity contribution >= 4 is 16.7 Å². The molecule has 0 aliphatic carbocycles. The first-order valence-corrected chi connectivity index (χ1v) is 4.44. The standard InChI is InChI=1S/C12H10NO/c13-12(14)8-10-6-3-5-9-4-1-2-7-11(9)10/h1-5,7H,8H2,(H2,13,14). The summed E-state index contributed by atoms with van der Waals surface area (Å²) in [6.45, 7) is 0. The minimum absolute atomic E-state index is 0.251. The zero-order valence-corrected chi connectivity index (χ0v) is 7.66. The molecule has 2 rings (SSSR count). The van der Waals surface area contributed by atoms with Crippen LogP contribution in [0.3, 0.4) is 0 Å². The second-order valence-corrected chi connectivity index (χ2v) is 3.19. The van der Waals surface area contributed by atoms with Crippen LogP contribution in [0.15, 0.2) is 36.4 Å². The lowest BCUT2D eigenvalue weighted by molar-refractivity contribution is -0.117. The Hall–Kier alpha value is -1.83. The number of hydrogen-bond donors (Lipinski definition) is 1. The van der Waals surface area contributed by atoms with Crippen LogP contribution < -0.4 is 5.73 Å². The summed E-state index contributed by atoms with van der Waals surface area (Å²) in [5, 5.41) is 2.16. The first-order chi connectivity index (χ1) is 6.77. The SMILES string of the molecule is NC(=O)Cc1[c]ccc2ccccc12. The summed E-state index contributed by atoms with van der Waals surface area (Å²) in [6.07, 6.45) is 0.251. The predicted molar refractivity (Wildman–Crippen MR) is 55.7 cm³/mol. The van der Waals surface area contributed by atoms with E-state index in [0.29, 0.717) is 0 Å². The maximum atomic E-state index is 10.8. The summed E-state index contributed by atoms with van der Waals surface area (Å²) in [7, 11) is 0. The molecular formula is C12H10NO. The average molecular weight is 184 g/mol. The van der Waals surface area contributed by atoms with Gasteiger partial charge in [-0.25, -0.2) is 0 Å². The minimum Gasteiger partial charge on any atom is -0.369 e. The lowest BCUT2D eigenvalue weighted by Gasteiger charge is -2.02. The van der Waals surface area contributed by atoms with E-state index in [4.69, 9.17) is 5.73 Å². The molecular weight excluding hydrogens is 174 g/mol. The van der Waals surface area contributed by atoms with E-state index < -0.39 is 0 Å². The van der Waals surface area contributed by atoms with Gasteiger partial charge in [0, 0.05) is 0 Å². The molecule has 0 unspecified atom stereocenters. The molecule has 0 aliphatic heterocycles. The summed E-state index contributed by atoms with van der Waals surface area (Å²) in [5.41, 5.74) is 6.03. The van der Waals surface area contributed by atoms with Crippen LogP contribution in [-0.4, -0.2) is 5.91 Å². The van der Waals surface area contributed by atoms with Crippen molar-refractivity contribution in [3.63, 3.8) is 0 Å². The molecule has 14 heavy (non-hydrogen) atoms. The molecule has 0 aromatic heterocycles. The molecule has 2 N–H and O–H groups in total. The third-order valence-electron chi connectivity index (χ3n) is 2.16. The first-order valence-electron chi connectivity index (χ1n) is 4.44. The Balaban J connectivity index is 2.59. The zero-order chi connectivity index (χ0) is 9.97. The highest BCUT2D eigenvalue weighted by molar-refractivity contribution is 5.89. The molecule has 2 aromatic rings. The van der Waals surface area contributed by atoms with Crippen molar-refractivity contribution in [3.8, 4) is 0 Å². The number of carbonyl (C=O) groups is 1. The molecule has 1 amide bonds. The van der Waals surface area contributed by atoms with Crippen molar-refractivity contribution in [1.82, 2.24) is 0 Å². The van der Waals surface area contributed by atoms with Crippen LogP contribution >= 0.6 is 0 Å². The summed E-state index contributed by atoms with van der Waals surface area (Å²) >= 11 is 0. The average Bonchev–Trinajstić information content (AvgIpc) is 2.18. The van der Waals surface area contributed by atoms with Gasteiger partial charge in [0.1, 0.15) is 0 Å². The molecule has 0 bridgehead atoms. The fourth-order valence-corrected chi connectivity index (χ4v) is 1.55. The Kier molecular flexibility index (Phi) is 2.19. The molecule has 2 nitrogen and oxygen atoms in total. The molecule has 2 heteroatoms. The number of benzene rings is 2. The van der Waals surface area contributed by atoms with Crippen LogP contribution in [0.5, 0.6) is 0 Å². The van der Waals surface area contributed by atoms with Crippen LogP contribution in [0.1, 0.15) is 5.56 Å². The van der Waals surface area contributed by atoms with Crippen LogP contribution in [0, 0.1) is 6.07 Å². The quantitative estimate of drug-likeness (QED) is 0.758. The van der Waals surface area contributed by atoms with Crippen LogP contribution in [0.25, 0.3) is 10.8 Å². The van der Waals surface area contributed by atoms with Crippen molar-refractivity contribution in [1.29, 1.82) is 0 Å². The Morgan fingerprint density at radius 3 is 2.86 bits per heavy atom. The van der Waals surface area contributed by atoms with Crippen molar-refractivity contribution < 1.29 is 4.79 Å². The van der Waals surface area contributed by atoms with E-state index in [1.54, 1.807) is 0 Å². The van der Waals surface area contributed by atoms with E-state index >= 15 is 0 Å². The Morgan fingerprint density at radius 2 is 2.07 bits per heavy atom. The number of amides is 1. The molecule has 0 saturated carbocycles. The maximum Gasteiger partial charge on any atom is 0.221 e. The highest BCUT2D eigenvalue weighted by atomic mass is 16.1. The number of rotatable bonds is 2. The van der Waals surface area contributed by atoms with Crippen molar-refractivity contribution in [2.45, 2.75) is 6.42 Å². The molecule has 0 saturated heterocycles. The van der Waals surface area contributed by atoms with Crippen molar-refractivity contribution in [3.05, 3.63) is 48.0 Å². The molecule has 0 heterocycles. The van der Waals surface area contributed by atoms with Gasteiger partial charge in [-0.3, -0.25) is 4.79 Å². The second kappa shape index (κ2) is 3.50. The molecule has 0 atom stereocenters. The van der Waals surface area contributed by atoms with Gasteiger partial charge in [-0.05, 0) is 22.4 Å². The van der Waals surface area contributed by atoms with Gasteiger partial charge < -0.3 is 5.73 Å². The molecule has 69 valence electrons. The highest BCUT2D eigenvalue weighted by Crippen LogP contribution is 2.17. The number of fused-ring (bicyclic) bond motifs is 1. The lowest BCUT2D eigenvalue weighted by atomic mass is 10.0. The van der Waals surface area contributed by atoms with Crippen LogP contribution in [0.4, 0.5) is 0 Å². The van der Waals surface area contributed by atoms with Crippen LogP contribution in [0.2, 0.25) is 0 Å². The third-order valence-corrected chi connectivity index (χ3v) is 2.16. The van der Waals surface area contributed by atoms with E-state index in [1.165, 1.54) is 0 Å². The van der Waals surface area contributed by atoms with Crippen molar-refractivity contribution in [2.75, 3.05) is 0 Å². The summed E-state index contributed by atoms with van der Waals surface area (Å²) in [5.74, 6) is -0.322. The Bertz CT molecular complexity index is 471. The fourth-order valence-electron chi connectivity index (χ4n) is 1.55. The molecule has 2 aromatic carbocycles. The van der Waals surface area contributed by atoms with Crippen molar-refractivity contribution in [2.24, 2.45) is 5.73 Å². The van der Waals surface area contributed by atoms with Gasteiger partial charge in [-0.2, -0.15) is 0 Å². The predicted octanol–water partition coefficient (Wildman–Crippen LogP) is 1.67. The van der Waals surface area contributed by atoms with Gasteiger partial charge in [0.05, 0.1) is 6.42 Å². The smallest absolute Gasteiger partial charge is 0.221 e. The van der Waals surface area contributed by atoms with Gasteiger partial charge in [0.25, 0.3) is 0 Å². The summed E-state index contributed by atoms with van der Waals surface area (Å²) in [6, 6.07) is 14.7. The largest absolute Gasteiger partial charge is 0.369 e. The van der Waals surface area contributed by atoms with Gasteiger partial charge in [-0.15, -0.1) is 0 Å². The number of nitrogens with two attached hydrogens (primary N) is 1. The Morgan fingerprint density at radius 1 is 1.29 bits per heavy atom. The second-order valence-electron chi connectivity index (χ2n) is 3.19. The highest BCUT2D eigenvalue weighted by Gasteiger charge is 2.02. The van der Waals surface area contributed by atoms with Gasteiger partial charge >= 0.3 is 0 Å². The molecule has 0 spiro atoms. The monoisotopic (exact) mass is 184 g/mol. The minimum atomic E-state index is -0.322. The van der Waals surface area contributed by atoms with Crippen LogP contribution in [-0.2, 0) is 11.2 Å². The number of hydrogen-bond acceptors (Lipinski definition) is 1. The Labute approximate surface area is 82.3 Å². The molecule has 0 fully saturated rings.